The molecule has 1 unspecified atom stereocenters. The Balaban J connectivity index is 2.24. The van der Waals surface area contributed by atoms with Crippen molar-refractivity contribution in [1.82, 2.24) is 10.3 Å². The van der Waals surface area contributed by atoms with E-state index in [1.165, 1.54) is 0 Å². The molecule has 4 heteroatoms. The second-order valence-corrected chi connectivity index (χ2v) is 5.23. The maximum atomic E-state index is 12.1. The van der Waals surface area contributed by atoms with E-state index in [1.54, 1.807) is 0 Å². The molecule has 3 N–H and O–H groups in total. The van der Waals surface area contributed by atoms with Gasteiger partial charge >= 0.3 is 0 Å². The average molecular weight is 260 g/mol. The molecule has 0 radical (unpaired) electrons. The number of hydrogen-bond acceptors (Lipinski definition) is 2. The molecule has 0 aliphatic carbocycles. The van der Waals surface area contributed by atoms with Gasteiger partial charge in [0, 0.05) is 10.9 Å². The number of H-pyrrole nitrogens is 1. The Labute approximate surface area is 112 Å². The van der Waals surface area contributed by atoms with Crippen molar-refractivity contribution < 1.29 is 9.90 Å². The maximum absolute atomic E-state index is 12.1. The van der Waals surface area contributed by atoms with Crippen LogP contribution < -0.4 is 5.32 Å². The molecular weight excluding hydrogens is 240 g/mol. The van der Waals surface area contributed by atoms with E-state index in [0.29, 0.717) is 5.69 Å². The molecule has 2 aromatic rings. The minimum absolute atomic E-state index is 0.0529. The van der Waals surface area contributed by atoms with E-state index in [4.69, 9.17) is 0 Å². The van der Waals surface area contributed by atoms with Gasteiger partial charge in [-0.15, -0.1) is 0 Å². The van der Waals surface area contributed by atoms with E-state index in [9.17, 15) is 9.90 Å². The predicted molar refractivity (Wildman–Crippen MR) is 76.2 cm³/mol. The summed E-state index contributed by atoms with van der Waals surface area (Å²) in [5, 5.41) is 13.1. The first-order valence-electron chi connectivity index (χ1n) is 6.53. The number of fused-ring (bicyclic) bond motifs is 1. The lowest BCUT2D eigenvalue weighted by atomic mass is 10.1. The third-order valence-corrected chi connectivity index (χ3v) is 3.43. The lowest BCUT2D eigenvalue weighted by Gasteiger charge is -2.19. The molecule has 0 aliphatic heterocycles. The number of benzene rings is 1. The van der Waals surface area contributed by atoms with Gasteiger partial charge in [-0.3, -0.25) is 4.79 Å². The zero-order chi connectivity index (χ0) is 14.0. The highest BCUT2D eigenvalue weighted by Crippen LogP contribution is 2.19. The quantitative estimate of drug-likeness (QED) is 0.789. The second kappa shape index (κ2) is 5.45. The number of aliphatic hydroxyl groups excluding tert-OH is 1. The SMILES string of the molecule is Cc1cccc2cc(C(=O)NC(CO)C(C)C)[nH]c12. The van der Waals surface area contributed by atoms with Crippen molar-refractivity contribution in [1.29, 1.82) is 0 Å². The fraction of sp³-hybridized carbons (Fsp3) is 0.400. The van der Waals surface area contributed by atoms with Crippen LogP contribution in [0, 0.1) is 12.8 Å². The summed E-state index contributed by atoms with van der Waals surface area (Å²) < 4.78 is 0. The summed E-state index contributed by atoms with van der Waals surface area (Å²) in [6, 6.07) is 7.57. The normalized spacial score (nSPS) is 12.9. The van der Waals surface area contributed by atoms with E-state index in [2.05, 4.69) is 10.3 Å². The lowest BCUT2D eigenvalue weighted by molar-refractivity contribution is 0.0892. The molecule has 0 aliphatic rings. The molecule has 4 nitrogen and oxygen atoms in total. The molecule has 2 rings (SSSR count). The van der Waals surface area contributed by atoms with Crippen molar-refractivity contribution in [2.45, 2.75) is 26.8 Å². The summed E-state index contributed by atoms with van der Waals surface area (Å²) in [4.78, 5) is 15.3. The maximum Gasteiger partial charge on any atom is 0.268 e. The van der Waals surface area contributed by atoms with Crippen molar-refractivity contribution >= 4 is 16.8 Å². The Kier molecular flexibility index (Phi) is 3.90. The number of carbonyl (C=O) groups excluding carboxylic acids is 1. The van der Waals surface area contributed by atoms with Crippen LogP contribution in [0.2, 0.25) is 0 Å². The highest BCUT2D eigenvalue weighted by Gasteiger charge is 2.17. The van der Waals surface area contributed by atoms with Gasteiger partial charge in [0.2, 0.25) is 0 Å². The van der Waals surface area contributed by atoms with Gasteiger partial charge < -0.3 is 15.4 Å². The second-order valence-electron chi connectivity index (χ2n) is 5.23. The Morgan fingerprint density at radius 3 is 2.74 bits per heavy atom. The van der Waals surface area contributed by atoms with Crippen LogP contribution in [0.3, 0.4) is 0 Å². The van der Waals surface area contributed by atoms with Crippen LogP contribution in [0.15, 0.2) is 24.3 Å². The Hall–Kier alpha value is -1.81. The summed E-state index contributed by atoms with van der Waals surface area (Å²) in [6.07, 6.45) is 0. The zero-order valence-corrected chi connectivity index (χ0v) is 11.5. The standard InChI is InChI=1S/C15H20N2O2/c1-9(2)13(8-18)17-15(19)12-7-11-6-4-5-10(3)14(11)16-12/h4-7,9,13,16,18H,8H2,1-3H3,(H,17,19). The van der Waals surface area contributed by atoms with Crippen LogP contribution in [0.5, 0.6) is 0 Å². The van der Waals surface area contributed by atoms with Gasteiger partial charge in [-0.2, -0.15) is 0 Å². The van der Waals surface area contributed by atoms with Gasteiger partial charge in [0.25, 0.3) is 5.91 Å². The minimum atomic E-state index is -0.222. The number of para-hydroxylation sites is 1. The number of carbonyl (C=O) groups is 1. The number of aromatic amines is 1. The fourth-order valence-electron chi connectivity index (χ4n) is 2.10. The fourth-order valence-corrected chi connectivity index (χ4v) is 2.10. The number of hydrogen-bond donors (Lipinski definition) is 3. The number of aryl methyl sites for hydroxylation is 1. The number of rotatable bonds is 4. The molecule has 102 valence electrons. The molecular formula is C15H20N2O2. The van der Waals surface area contributed by atoms with Crippen molar-refractivity contribution in [3.05, 3.63) is 35.5 Å². The van der Waals surface area contributed by atoms with E-state index in [0.717, 1.165) is 16.5 Å². The van der Waals surface area contributed by atoms with Crippen LogP contribution in [0.4, 0.5) is 0 Å². The van der Waals surface area contributed by atoms with Crippen LogP contribution >= 0.6 is 0 Å². The van der Waals surface area contributed by atoms with E-state index in [1.807, 2.05) is 45.0 Å². The first kappa shape index (κ1) is 13.6. The molecule has 1 aromatic heterocycles. The summed E-state index contributed by atoms with van der Waals surface area (Å²) in [6.45, 7) is 5.89. The summed E-state index contributed by atoms with van der Waals surface area (Å²) in [7, 11) is 0. The van der Waals surface area contributed by atoms with Crippen molar-refractivity contribution in [2.24, 2.45) is 5.92 Å². The number of aliphatic hydroxyl groups is 1. The van der Waals surface area contributed by atoms with Crippen molar-refractivity contribution in [2.75, 3.05) is 6.61 Å². The van der Waals surface area contributed by atoms with Crippen molar-refractivity contribution in [3.8, 4) is 0 Å². The minimum Gasteiger partial charge on any atom is -0.394 e. The third kappa shape index (κ3) is 2.79. The summed E-state index contributed by atoms with van der Waals surface area (Å²) >= 11 is 0. The third-order valence-electron chi connectivity index (χ3n) is 3.43. The van der Waals surface area contributed by atoms with Crippen LogP contribution in [0.25, 0.3) is 10.9 Å². The Bertz CT molecular complexity index is 587. The van der Waals surface area contributed by atoms with E-state index >= 15 is 0 Å². The molecule has 1 atom stereocenters. The predicted octanol–water partition coefficient (Wildman–Crippen LogP) is 2.22. The van der Waals surface area contributed by atoms with Gasteiger partial charge in [-0.05, 0) is 24.5 Å². The van der Waals surface area contributed by atoms with Gasteiger partial charge in [0.05, 0.1) is 12.6 Å². The average Bonchev–Trinajstić information content (AvgIpc) is 2.80. The first-order valence-corrected chi connectivity index (χ1v) is 6.53. The molecule has 0 fully saturated rings. The Morgan fingerprint density at radius 2 is 2.16 bits per heavy atom. The molecule has 0 spiro atoms. The first-order chi connectivity index (χ1) is 9.02. The van der Waals surface area contributed by atoms with Gasteiger partial charge in [0.15, 0.2) is 0 Å². The van der Waals surface area contributed by atoms with E-state index in [-0.39, 0.29) is 24.5 Å². The number of aromatic nitrogens is 1. The van der Waals surface area contributed by atoms with E-state index < -0.39 is 0 Å². The molecule has 1 aromatic carbocycles. The summed E-state index contributed by atoms with van der Waals surface area (Å²) in [5.74, 6) is 0.0171. The van der Waals surface area contributed by atoms with Gasteiger partial charge in [-0.25, -0.2) is 0 Å². The van der Waals surface area contributed by atoms with Crippen LogP contribution in [-0.2, 0) is 0 Å². The van der Waals surface area contributed by atoms with Gasteiger partial charge in [-0.1, -0.05) is 32.0 Å². The molecule has 0 bridgehead atoms. The number of amides is 1. The number of nitrogens with one attached hydrogen (secondary N) is 2. The highest BCUT2D eigenvalue weighted by molar-refractivity contribution is 5.98. The van der Waals surface area contributed by atoms with Crippen LogP contribution in [-0.4, -0.2) is 28.6 Å². The largest absolute Gasteiger partial charge is 0.394 e. The Morgan fingerprint density at radius 1 is 1.42 bits per heavy atom. The topological polar surface area (TPSA) is 65.1 Å². The van der Waals surface area contributed by atoms with Crippen LogP contribution in [0.1, 0.15) is 29.9 Å². The molecule has 0 saturated carbocycles. The lowest BCUT2D eigenvalue weighted by Crippen LogP contribution is -2.41. The smallest absolute Gasteiger partial charge is 0.268 e. The summed E-state index contributed by atoms with van der Waals surface area (Å²) in [5.41, 5.74) is 2.63. The van der Waals surface area contributed by atoms with Gasteiger partial charge in [0.1, 0.15) is 5.69 Å². The molecule has 19 heavy (non-hydrogen) atoms. The molecule has 1 heterocycles. The molecule has 0 saturated heterocycles. The zero-order valence-electron chi connectivity index (χ0n) is 11.5. The monoisotopic (exact) mass is 260 g/mol. The van der Waals surface area contributed by atoms with Crippen molar-refractivity contribution in [3.63, 3.8) is 0 Å². The molecule has 1 amide bonds. The highest BCUT2D eigenvalue weighted by atomic mass is 16.3.